The Labute approximate surface area is 109 Å². The quantitative estimate of drug-likeness (QED) is 0.674. The Morgan fingerprint density at radius 1 is 1.26 bits per heavy atom. The Morgan fingerprint density at radius 2 is 2.05 bits per heavy atom. The van der Waals surface area contributed by atoms with E-state index in [-0.39, 0.29) is 0 Å². The van der Waals surface area contributed by atoms with E-state index >= 15 is 0 Å². The molecule has 2 aromatic carbocycles. The van der Waals surface area contributed by atoms with E-state index in [1.165, 1.54) is 13.2 Å². The zero-order valence-corrected chi connectivity index (χ0v) is 10.3. The minimum absolute atomic E-state index is 0.494. The second-order valence-electron chi connectivity index (χ2n) is 3.95. The summed E-state index contributed by atoms with van der Waals surface area (Å²) in [4.78, 5) is 21.6. The lowest BCUT2D eigenvalue weighted by molar-refractivity contribution is -0.131. The lowest BCUT2D eigenvalue weighted by Gasteiger charge is -2.07. The Morgan fingerprint density at radius 3 is 2.68 bits per heavy atom. The van der Waals surface area contributed by atoms with Gasteiger partial charge < -0.3 is 9.84 Å². The Bertz CT molecular complexity index is 671. The number of carboxylic acids is 1. The predicted octanol–water partition coefficient (Wildman–Crippen LogP) is 2.76. The molecule has 0 spiro atoms. The van der Waals surface area contributed by atoms with E-state index in [4.69, 9.17) is 9.84 Å². The first-order valence-corrected chi connectivity index (χ1v) is 5.62. The molecule has 4 nitrogen and oxygen atoms in total. The standard InChI is InChI=1S/C15H12O4/c1-19-14-6-4-11-8-10(3-7-15(17)18)2-5-12(11)13(14)9-16/h2-9H,1H3,(H,17,18)/b7-3+. The average molecular weight is 256 g/mol. The molecule has 0 aromatic heterocycles. The molecule has 0 aliphatic rings. The molecule has 0 saturated heterocycles. The molecule has 0 unspecified atom stereocenters. The molecular weight excluding hydrogens is 244 g/mol. The molecule has 0 radical (unpaired) electrons. The third kappa shape index (κ3) is 2.63. The van der Waals surface area contributed by atoms with Gasteiger partial charge in [0.15, 0.2) is 6.29 Å². The van der Waals surface area contributed by atoms with Crippen molar-refractivity contribution < 1.29 is 19.4 Å². The molecule has 19 heavy (non-hydrogen) atoms. The summed E-state index contributed by atoms with van der Waals surface area (Å²) in [5, 5.41) is 10.2. The van der Waals surface area contributed by atoms with E-state index in [0.29, 0.717) is 11.3 Å². The predicted molar refractivity (Wildman–Crippen MR) is 72.6 cm³/mol. The van der Waals surface area contributed by atoms with Gasteiger partial charge >= 0.3 is 5.97 Å². The van der Waals surface area contributed by atoms with Crippen molar-refractivity contribution in [2.24, 2.45) is 0 Å². The van der Waals surface area contributed by atoms with Crippen LogP contribution in [0.4, 0.5) is 0 Å². The molecule has 0 atom stereocenters. The highest BCUT2D eigenvalue weighted by Gasteiger charge is 2.07. The second kappa shape index (κ2) is 5.35. The van der Waals surface area contributed by atoms with Crippen molar-refractivity contribution in [2.75, 3.05) is 7.11 Å². The van der Waals surface area contributed by atoms with E-state index < -0.39 is 5.97 Å². The van der Waals surface area contributed by atoms with Crippen molar-refractivity contribution in [1.29, 1.82) is 0 Å². The van der Waals surface area contributed by atoms with Crippen molar-refractivity contribution >= 4 is 29.1 Å². The number of carbonyl (C=O) groups excluding carboxylic acids is 1. The third-order valence-electron chi connectivity index (χ3n) is 2.80. The molecular formula is C15H12O4. The van der Waals surface area contributed by atoms with E-state index in [9.17, 15) is 9.59 Å². The number of methoxy groups -OCH3 is 1. The SMILES string of the molecule is COc1ccc2cc(/C=C/C(=O)O)ccc2c1C=O. The summed E-state index contributed by atoms with van der Waals surface area (Å²) in [7, 11) is 1.51. The van der Waals surface area contributed by atoms with Crippen molar-refractivity contribution in [2.45, 2.75) is 0 Å². The van der Waals surface area contributed by atoms with Gasteiger partial charge in [-0.2, -0.15) is 0 Å². The smallest absolute Gasteiger partial charge is 0.328 e. The van der Waals surface area contributed by atoms with Crippen LogP contribution in [-0.4, -0.2) is 24.5 Å². The van der Waals surface area contributed by atoms with E-state index in [1.54, 1.807) is 18.2 Å². The monoisotopic (exact) mass is 256 g/mol. The molecule has 0 heterocycles. The highest BCUT2D eigenvalue weighted by molar-refractivity contribution is 6.01. The van der Waals surface area contributed by atoms with Gasteiger partial charge in [-0.25, -0.2) is 4.79 Å². The average Bonchev–Trinajstić information content (AvgIpc) is 2.43. The number of benzene rings is 2. The van der Waals surface area contributed by atoms with Crippen molar-refractivity contribution in [1.82, 2.24) is 0 Å². The fourth-order valence-electron chi connectivity index (χ4n) is 1.92. The zero-order valence-electron chi connectivity index (χ0n) is 10.3. The fourth-order valence-corrected chi connectivity index (χ4v) is 1.92. The van der Waals surface area contributed by atoms with Crippen molar-refractivity contribution in [3.05, 3.63) is 47.5 Å². The van der Waals surface area contributed by atoms with E-state index in [1.807, 2.05) is 12.1 Å². The van der Waals surface area contributed by atoms with Gasteiger partial charge in [-0.1, -0.05) is 18.2 Å². The molecule has 2 aromatic rings. The fraction of sp³-hybridized carbons (Fsp3) is 0.0667. The van der Waals surface area contributed by atoms with E-state index in [2.05, 4.69) is 0 Å². The lowest BCUT2D eigenvalue weighted by Crippen LogP contribution is -1.92. The van der Waals surface area contributed by atoms with Crippen LogP contribution in [0.3, 0.4) is 0 Å². The number of fused-ring (bicyclic) bond motifs is 1. The molecule has 4 heteroatoms. The van der Waals surface area contributed by atoms with Gasteiger partial charge in [0.05, 0.1) is 12.7 Å². The molecule has 1 N–H and O–H groups in total. The maximum Gasteiger partial charge on any atom is 0.328 e. The van der Waals surface area contributed by atoms with Crippen molar-refractivity contribution in [3.63, 3.8) is 0 Å². The van der Waals surface area contributed by atoms with Crippen LogP contribution in [0.15, 0.2) is 36.4 Å². The summed E-state index contributed by atoms with van der Waals surface area (Å²) in [5.41, 5.74) is 1.26. The summed E-state index contributed by atoms with van der Waals surface area (Å²) < 4.78 is 5.13. The molecule has 2 rings (SSSR count). The Hall–Kier alpha value is -2.62. The van der Waals surface area contributed by atoms with E-state index in [0.717, 1.165) is 28.7 Å². The Kier molecular flexibility index (Phi) is 3.61. The summed E-state index contributed by atoms with van der Waals surface area (Å²) in [6.45, 7) is 0. The third-order valence-corrected chi connectivity index (χ3v) is 2.80. The Balaban J connectivity index is 2.56. The molecule has 0 aliphatic heterocycles. The number of rotatable bonds is 4. The van der Waals surface area contributed by atoms with Gasteiger partial charge in [-0.3, -0.25) is 4.79 Å². The molecule has 0 amide bonds. The summed E-state index contributed by atoms with van der Waals surface area (Å²) in [6.07, 6.45) is 3.34. The number of carbonyl (C=O) groups is 2. The first-order chi connectivity index (χ1) is 9.15. The minimum Gasteiger partial charge on any atom is -0.496 e. The topological polar surface area (TPSA) is 63.6 Å². The number of ether oxygens (including phenoxy) is 1. The zero-order chi connectivity index (χ0) is 13.8. The maximum atomic E-state index is 11.1. The van der Waals surface area contributed by atoms with Crippen LogP contribution < -0.4 is 4.74 Å². The van der Waals surface area contributed by atoms with Gasteiger partial charge in [0.1, 0.15) is 5.75 Å². The maximum absolute atomic E-state index is 11.1. The molecule has 0 bridgehead atoms. The molecule has 0 saturated carbocycles. The number of hydrogen-bond acceptors (Lipinski definition) is 3. The highest BCUT2D eigenvalue weighted by Crippen LogP contribution is 2.27. The minimum atomic E-state index is -0.997. The number of carboxylic acid groups (broad SMARTS) is 1. The first kappa shape index (κ1) is 12.8. The number of hydrogen-bond donors (Lipinski definition) is 1. The van der Waals surface area contributed by atoms with Gasteiger partial charge in [-0.15, -0.1) is 0 Å². The molecule has 96 valence electrons. The lowest BCUT2D eigenvalue weighted by atomic mass is 10.0. The summed E-state index contributed by atoms with van der Waals surface area (Å²) >= 11 is 0. The second-order valence-corrected chi connectivity index (χ2v) is 3.95. The van der Waals surface area contributed by atoms with Crippen LogP contribution in [-0.2, 0) is 4.79 Å². The molecule has 0 aliphatic carbocycles. The number of aldehydes is 1. The summed E-state index contributed by atoms with van der Waals surface area (Å²) in [5.74, 6) is -0.472. The number of aliphatic carboxylic acids is 1. The van der Waals surface area contributed by atoms with Gasteiger partial charge in [0.25, 0.3) is 0 Å². The van der Waals surface area contributed by atoms with Crippen molar-refractivity contribution in [3.8, 4) is 5.75 Å². The van der Waals surface area contributed by atoms with Gasteiger partial charge in [0, 0.05) is 6.08 Å². The van der Waals surface area contributed by atoms with Crippen LogP contribution in [0.5, 0.6) is 5.75 Å². The first-order valence-electron chi connectivity index (χ1n) is 5.62. The normalized spacial score (nSPS) is 10.8. The van der Waals surface area contributed by atoms with Crippen LogP contribution in [0.25, 0.3) is 16.8 Å². The van der Waals surface area contributed by atoms with Crippen LogP contribution in [0, 0.1) is 0 Å². The van der Waals surface area contributed by atoms with Gasteiger partial charge in [0.2, 0.25) is 0 Å². The van der Waals surface area contributed by atoms with Crippen LogP contribution in [0.1, 0.15) is 15.9 Å². The molecule has 0 fully saturated rings. The highest BCUT2D eigenvalue weighted by atomic mass is 16.5. The van der Waals surface area contributed by atoms with Crippen LogP contribution in [0.2, 0.25) is 0 Å². The van der Waals surface area contributed by atoms with Crippen LogP contribution >= 0.6 is 0 Å². The van der Waals surface area contributed by atoms with Gasteiger partial charge in [-0.05, 0) is 34.5 Å². The largest absolute Gasteiger partial charge is 0.496 e. The summed E-state index contributed by atoms with van der Waals surface area (Å²) in [6, 6.07) is 8.91.